The molecule has 8 heteroatoms. The number of imidazole rings is 1. The van der Waals surface area contributed by atoms with Gasteiger partial charge in [0.05, 0.1) is 5.69 Å². The van der Waals surface area contributed by atoms with Gasteiger partial charge in [-0.1, -0.05) is 0 Å². The Balaban J connectivity index is 2.02. The van der Waals surface area contributed by atoms with E-state index in [1.54, 1.807) is 23.1 Å². The molecule has 0 aliphatic carbocycles. The minimum absolute atomic E-state index is 0.606. The lowest BCUT2D eigenvalue weighted by atomic mass is 10.3. The molecule has 0 aromatic carbocycles. The van der Waals surface area contributed by atoms with Crippen molar-refractivity contribution in [2.75, 3.05) is 6.54 Å². The van der Waals surface area contributed by atoms with Crippen LogP contribution >= 0.6 is 23.1 Å². The van der Waals surface area contributed by atoms with Crippen molar-refractivity contribution in [3.8, 4) is 0 Å². The number of rotatable bonds is 4. The molecule has 0 unspecified atom stereocenters. The molecule has 0 saturated carbocycles. The molecule has 0 spiro atoms. The Hall–Kier alpha value is -1.38. The SMILES string of the molecule is Cc1nnc(Sc2nc3sccn3c2CCN)n1C. The number of aromatic nitrogens is 5. The first-order valence-corrected chi connectivity index (χ1v) is 7.58. The molecular weight excluding hydrogens is 280 g/mol. The van der Waals surface area contributed by atoms with Crippen molar-refractivity contribution >= 4 is 28.1 Å². The molecular formula is C11H14N6S2. The zero-order valence-corrected chi connectivity index (χ0v) is 12.3. The van der Waals surface area contributed by atoms with Gasteiger partial charge in [0.2, 0.25) is 0 Å². The van der Waals surface area contributed by atoms with Crippen LogP contribution in [0.15, 0.2) is 21.8 Å². The maximum atomic E-state index is 5.70. The Morgan fingerprint density at radius 1 is 1.42 bits per heavy atom. The van der Waals surface area contributed by atoms with E-state index >= 15 is 0 Å². The number of hydrogen-bond donors (Lipinski definition) is 1. The number of nitrogens with zero attached hydrogens (tertiary/aromatic N) is 5. The Labute approximate surface area is 118 Å². The first kappa shape index (κ1) is 12.6. The predicted octanol–water partition coefficient (Wildman–Crippen LogP) is 1.49. The summed E-state index contributed by atoms with van der Waals surface area (Å²) in [4.78, 5) is 5.64. The summed E-state index contributed by atoms with van der Waals surface area (Å²) in [5.74, 6) is 0.892. The van der Waals surface area contributed by atoms with Crippen LogP contribution in [0.25, 0.3) is 4.96 Å². The molecule has 0 aliphatic rings. The second-order valence-corrected chi connectivity index (χ2v) is 5.98. The molecule has 0 fully saturated rings. The normalized spacial score (nSPS) is 11.5. The van der Waals surface area contributed by atoms with Gasteiger partial charge in [-0.05, 0) is 25.2 Å². The highest BCUT2D eigenvalue weighted by Crippen LogP contribution is 2.30. The topological polar surface area (TPSA) is 74.0 Å². The standard InChI is InChI=1S/C11H14N6S2/c1-7-14-15-11(16(7)2)19-9-8(3-4-12)17-5-6-18-10(17)13-9/h5-6H,3-4,12H2,1-2H3. The van der Waals surface area contributed by atoms with Gasteiger partial charge < -0.3 is 10.3 Å². The summed E-state index contributed by atoms with van der Waals surface area (Å²) < 4.78 is 4.06. The average Bonchev–Trinajstić information content (AvgIpc) is 3.04. The second-order valence-electron chi connectivity index (χ2n) is 4.15. The monoisotopic (exact) mass is 294 g/mol. The summed E-state index contributed by atoms with van der Waals surface area (Å²) in [6.07, 6.45) is 2.83. The van der Waals surface area contributed by atoms with Gasteiger partial charge >= 0.3 is 0 Å². The molecule has 19 heavy (non-hydrogen) atoms. The number of nitrogens with two attached hydrogens (primary N) is 1. The van der Waals surface area contributed by atoms with Crippen LogP contribution < -0.4 is 5.73 Å². The molecule has 0 bridgehead atoms. The van der Waals surface area contributed by atoms with Crippen molar-refractivity contribution in [3.63, 3.8) is 0 Å². The Morgan fingerprint density at radius 2 is 2.26 bits per heavy atom. The predicted molar refractivity (Wildman–Crippen MR) is 75.7 cm³/mol. The van der Waals surface area contributed by atoms with Crippen LogP contribution in [0.5, 0.6) is 0 Å². The minimum Gasteiger partial charge on any atom is -0.330 e. The molecule has 100 valence electrons. The zero-order valence-electron chi connectivity index (χ0n) is 10.7. The van der Waals surface area contributed by atoms with E-state index < -0.39 is 0 Å². The van der Waals surface area contributed by atoms with Crippen molar-refractivity contribution < 1.29 is 0 Å². The van der Waals surface area contributed by atoms with Crippen molar-refractivity contribution in [1.82, 2.24) is 24.1 Å². The molecule has 0 radical (unpaired) electrons. The van der Waals surface area contributed by atoms with Gasteiger partial charge in [-0.25, -0.2) is 4.98 Å². The number of hydrogen-bond acceptors (Lipinski definition) is 6. The van der Waals surface area contributed by atoms with Gasteiger partial charge in [-0.3, -0.25) is 4.40 Å². The van der Waals surface area contributed by atoms with Crippen LogP contribution in [-0.2, 0) is 13.5 Å². The fourth-order valence-electron chi connectivity index (χ4n) is 1.82. The van der Waals surface area contributed by atoms with E-state index in [4.69, 9.17) is 5.73 Å². The largest absolute Gasteiger partial charge is 0.330 e. The summed E-state index contributed by atoms with van der Waals surface area (Å²) in [5, 5.41) is 12.1. The maximum Gasteiger partial charge on any atom is 0.197 e. The van der Waals surface area contributed by atoms with Gasteiger partial charge in [-0.15, -0.1) is 21.5 Å². The third-order valence-electron chi connectivity index (χ3n) is 2.95. The van der Waals surface area contributed by atoms with Crippen LogP contribution in [0.4, 0.5) is 0 Å². The number of thiazole rings is 1. The van der Waals surface area contributed by atoms with E-state index in [9.17, 15) is 0 Å². The van der Waals surface area contributed by atoms with Crippen molar-refractivity contribution in [3.05, 3.63) is 23.1 Å². The summed E-state index contributed by atoms with van der Waals surface area (Å²) in [7, 11) is 1.96. The fraction of sp³-hybridized carbons (Fsp3) is 0.364. The van der Waals surface area contributed by atoms with E-state index in [1.165, 1.54) is 0 Å². The quantitative estimate of drug-likeness (QED) is 0.789. The lowest BCUT2D eigenvalue weighted by molar-refractivity contribution is 0.763. The molecule has 0 atom stereocenters. The lowest BCUT2D eigenvalue weighted by Crippen LogP contribution is -2.05. The van der Waals surface area contributed by atoms with E-state index in [-0.39, 0.29) is 0 Å². The zero-order chi connectivity index (χ0) is 13.4. The van der Waals surface area contributed by atoms with E-state index in [2.05, 4.69) is 19.6 Å². The first-order valence-electron chi connectivity index (χ1n) is 5.89. The molecule has 6 nitrogen and oxygen atoms in total. The van der Waals surface area contributed by atoms with Crippen molar-refractivity contribution in [2.24, 2.45) is 12.8 Å². The highest BCUT2D eigenvalue weighted by atomic mass is 32.2. The molecule has 3 aromatic rings. The second kappa shape index (κ2) is 4.95. The minimum atomic E-state index is 0.606. The van der Waals surface area contributed by atoms with E-state index in [1.807, 2.05) is 30.1 Å². The van der Waals surface area contributed by atoms with Gasteiger partial charge in [0.1, 0.15) is 10.9 Å². The summed E-state index contributed by atoms with van der Waals surface area (Å²) in [6, 6.07) is 0. The van der Waals surface area contributed by atoms with Crippen molar-refractivity contribution in [2.45, 2.75) is 23.5 Å². The van der Waals surface area contributed by atoms with Gasteiger partial charge in [-0.2, -0.15) is 0 Å². The molecule has 3 rings (SSSR count). The molecule has 0 aliphatic heterocycles. The summed E-state index contributed by atoms with van der Waals surface area (Å²) in [6.45, 7) is 2.54. The highest BCUT2D eigenvalue weighted by molar-refractivity contribution is 7.99. The Morgan fingerprint density at radius 3 is 2.95 bits per heavy atom. The average molecular weight is 294 g/mol. The third-order valence-corrected chi connectivity index (χ3v) is 4.76. The smallest absolute Gasteiger partial charge is 0.197 e. The molecule has 0 saturated heterocycles. The van der Waals surface area contributed by atoms with Crippen LogP contribution in [0.1, 0.15) is 11.5 Å². The summed E-state index contributed by atoms with van der Waals surface area (Å²) in [5.41, 5.74) is 6.84. The maximum absolute atomic E-state index is 5.70. The summed E-state index contributed by atoms with van der Waals surface area (Å²) >= 11 is 3.16. The Kier molecular flexibility index (Phi) is 3.29. The highest BCUT2D eigenvalue weighted by Gasteiger charge is 2.16. The van der Waals surface area contributed by atoms with Crippen LogP contribution in [0.2, 0.25) is 0 Å². The molecule has 0 amide bonds. The van der Waals surface area contributed by atoms with Gasteiger partial charge in [0, 0.05) is 25.0 Å². The lowest BCUT2D eigenvalue weighted by Gasteiger charge is -2.02. The van der Waals surface area contributed by atoms with Gasteiger partial charge in [0.15, 0.2) is 10.1 Å². The van der Waals surface area contributed by atoms with E-state index in [0.717, 1.165) is 33.1 Å². The molecule has 3 heterocycles. The van der Waals surface area contributed by atoms with Crippen LogP contribution in [0.3, 0.4) is 0 Å². The number of aryl methyl sites for hydroxylation is 1. The Bertz CT molecular complexity index is 710. The van der Waals surface area contributed by atoms with Crippen molar-refractivity contribution in [1.29, 1.82) is 0 Å². The molecule has 3 aromatic heterocycles. The third kappa shape index (κ3) is 2.15. The van der Waals surface area contributed by atoms with Crippen LogP contribution in [-0.4, -0.2) is 30.7 Å². The fourth-order valence-corrected chi connectivity index (χ4v) is 3.59. The molecule has 2 N–H and O–H groups in total. The van der Waals surface area contributed by atoms with Crippen LogP contribution in [0, 0.1) is 6.92 Å². The van der Waals surface area contributed by atoms with E-state index in [0.29, 0.717) is 6.54 Å². The first-order chi connectivity index (χ1) is 9.20. The van der Waals surface area contributed by atoms with Gasteiger partial charge in [0.25, 0.3) is 0 Å². The number of fused-ring (bicyclic) bond motifs is 1.